The van der Waals surface area contributed by atoms with E-state index in [0.717, 1.165) is 16.0 Å². The second kappa shape index (κ2) is 7.84. The fourth-order valence-electron chi connectivity index (χ4n) is 2.13. The minimum atomic E-state index is 0.0971. The summed E-state index contributed by atoms with van der Waals surface area (Å²) in [7, 11) is 1.68. The molecule has 0 saturated carbocycles. The zero-order valence-corrected chi connectivity index (χ0v) is 14.5. The molecule has 2 aromatic rings. The van der Waals surface area contributed by atoms with Crippen molar-refractivity contribution < 1.29 is 4.74 Å². The fourth-order valence-corrected chi connectivity index (χ4v) is 3.70. The van der Waals surface area contributed by atoms with Crippen molar-refractivity contribution in [3.8, 4) is 5.75 Å². The van der Waals surface area contributed by atoms with Crippen LogP contribution in [-0.2, 0) is 0 Å². The maximum atomic E-state index is 5.73. The van der Waals surface area contributed by atoms with E-state index < -0.39 is 0 Å². The average Bonchev–Trinajstić information content (AvgIpc) is 2.49. The van der Waals surface area contributed by atoms with Crippen LogP contribution in [0.15, 0.2) is 51.8 Å². The lowest BCUT2D eigenvalue weighted by molar-refractivity contribution is 0.414. The molecule has 0 spiro atoms. The number of methoxy groups -OCH3 is 1. The average molecular weight is 367 g/mol. The van der Waals surface area contributed by atoms with E-state index in [1.165, 1.54) is 16.0 Å². The SMILES string of the molecule is COc1ccc(C(CSc2cccc(Br)c2)NN)c(C)c1. The Labute approximate surface area is 138 Å². The Kier molecular flexibility index (Phi) is 6.11. The molecule has 0 aliphatic heterocycles. The highest BCUT2D eigenvalue weighted by atomic mass is 79.9. The topological polar surface area (TPSA) is 47.3 Å². The summed E-state index contributed by atoms with van der Waals surface area (Å²) < 4.78 is 6.33. The van der Waals surface area contributed by atoms with E-state index in [1.807, 2.05) is 24.3 Å². The van der Waals surface area contributed by atoms with Crippen LogP contribution in [0.25, 0.3) is 0 Å². The summed E-state index contributed by atoms with van der Waals surface area (Å²) >= 11 is 5.27. The van der Waals surface area contributed by atoms with Crippen molar-refractivity contribution >= 4 is 27.7 Å². The second-order valence-electron chi connectivity index (χ2n) is 4.71. The molecular weight excluding hydrogens is 348 g/mol. The van der Waals surface area contributed by atoms with E-state index in [0.29, 0.717) is 0 Å². The molecule has 0 heterocycles. The lowest BCUT2D eigenvalue weighted by Gasteiger charge is -2.19. The van der Waals surface area contributed by atoms with Crippen LogP contribution in [0.2, 0.25) is 0 Å². The summed E-state index contributed by atoms with van der Waals surface area (Å²) in [5.74, 6) is 7.46. The number of aryl methyl sites for hydroxylation is 1. The van der Waals surface area contributed by atoms with Crippen LogP contribution in [0, 0.1) is 6.92 Å². The predicted molar refractivity (Wildman–Crippen MR) is 92.7 cm³/mol. The standard InChI is InChI=1S/C16H19BrN2OS/c1-11-8-13(20-2)6-7-15(11)16(19-18)10-21-14-5-3-4-12(17)9-14/h3-9,16,19H,10,18H2,1-2H3. The van der Waals surface area contributed by atoms with Crippen molar-refractivity contribution in [1.82, 2.24) is 5.43 Å². The molecule has 21 heavy (non-hydrogen) atoms. The number of benzene rings is 2. The van der Waals surface area contributed by atoms with Crippen LogP contribution in [0.5, 0.6) is 5.75 Å². The zero-order valence-electron chi connectivity index (χ0n) is 12.1. The first-order valence-corrected chi connectivity index (χ1v) is 8.41. The van der Waals surface area contributed by atoms with Gasteiger partial charge in [-0.15, -0.1) is 11.8 Å². The molecule has 2 aromatic carbocycles. The maximum Gasteiger partial charge on any atom is 0.119 e. The van der Waals surface area contributed by atoms with Crippen LogP contribution < -0.4 is 16.0 Å². The Hall–Kier alpha value is -1.01. The number of rotatable bonds is 6. The number of nitrogens with two attached hydrogens (primary N) is 1. The van der Waals surface area contributed by atoms with Gasteiger partial charge in [-0.2, -0.15) is 0 Å². The third kappa shape index (κ3) is 4.48. The summed E-state index contributed by atoms with van der Waals surface area (Å²) in [6, 6.07) is 14.4. The van der Waals surface area contributed by atoms with Gasteiger partial charge in [0, 0.05) is 15.1 Å². The molecule has 0 aliphatic rings. The molecule has 3 N–H and O–H groups in total. The van der Waals surface area contributed by atoms with Gasteiger partial charge >= 0.3 is 0 Å². The Morgan fingerprint density at radius 2 is 2.10 bits per heavy atom. The van der Waals surface area contributed by atoms with Crippen LogP contribution in [-0.4, -0.2) is 12.9 Å². The van der Waals surface area contributed by atoms with E-state index in [1.54, 1.807) is 18.9 Å². The monoisotopic (exact) mass is 366 g/mol. The highest BCUT2D eigenvalue weighted by Gasteiger charge is 2.13. The molecule has 0 aromatic heterocycles. The molecule has 0 bridgehead atoms. The number of ether oxygens (including phenoxy) is 1. The number of nitrogens with one attached hydrogen (secondary N) is 1. The molecular formula is C16H19BrN2OS. The summed E-state index contributed by atoms with van der Waals surface area (Å²) in [6.45, 7) is 2.08. The lowest BCUT2D eigenvalue weighted by Crippen LogP contribution is -2.30. The largest absolute Gasteiger partial charge is 0.497 e. The first-order valence-electron chi connectivity index (χ1n) is 6.63. The van der Waals surface area contributed by atoms with Gasteiger partial charge in [0.05, 0.1) is 13.2 Å². The van der Waals surface area contributed by atoms with Crippen molar-refractivity contribution in [2.75, 3.05) is 12.9 Å². The highest BCUT2D eigenvalue weighted by Crippen LogP contribution is 2.29. The van der Waals surface area contributed by atoms with Crippen LogP contribution in [0.3, 0.4) is 0 Å². The number of hydrazine groups is 1. The Bertz CT molecular complexity index is 607. The van der Waals surface area contributed by atoms with Gasteiger partial charge in [-0.05, 0) is 48.4 Å². The molecule has 0 amide bonds. The van der Waals surface area contributed by atoms with Crippen molar-refractivity contribution in [2.45, 2.75) is 17.9 Å². The lowest BCUT2D eigenvalue weighted by atomic mass is 10.0. The van der Waals surface area contributed by atoms with Gasteiger partial charge in [-0.1, -0.05) is 28.1 Å². The molecule has 3 nitrogen and oxygen atoms in total. The van der Waals surface area contributed by atoms with Crippen molar-refractivity contribution in [2.24, 2.45) is 5.84 Å². The van der Waals surface area contributed by atoms with Gasteiger partial charge in [0.2, 0.25) is 0 Å². The minimum Gasteiger partial charge on any atom is -0.497 e. The van der Waals surface area contributed by atoms with Gasteiger partial charge in [-0.25, -0.2) is 0 Å². The summed E-state index contributed by atoms with van der Waals surface area (Å²) in [5.41, 5.74) is 5.28. The van der Waals surface area contributed by atoms with E-state index in [4.69, 9.17) is 10.6 Å². The van der Waals surface area contributed by atoms with Crippen molar-refractivity contribution in [3.63, 3.8) is 0 Å². The quantitative estimate of drug-likeness (QED) is 0.459. The van der Waals surface area contributed by atoms with Crippen molar-refractivity contribution in [1.29, 1.82) is 0 Å². The minimum absolute atomic E-state index is 0.0971. The molecule has 1 atom stereocenters. The van der Waals surface area contributed by atoms with E-state index in [9.17, 15) is 0 Å². The number of hydrogen-bond donors (Lipinski definition) is 2. The van der Waals surface area contributed by atoms with Crippen LogP contribution in [0.1, 0.15) is 17.2 Å². The normalized spacial score (nSPS) is 12.2. The van der Waals surface area contributed by atoms with Crippen molar-refractivity contribution in [3.05, 3.63) is 58.1 Å². The molecule has 5 heteroatoms. The smallest absolute Gasteiger partial charge is 0.119 e. The number of halogens is 1. The Morgan fingerprint density at radius 3 is 2.71 bits per heavy atom. The zero-order chi connectivity index (χ0) is 15.2. The van der Waals surface area contributed by atoms with Gasteiger partial charge < -0.3 is 4.74 Å². The molecule has 2 rings (SSSR count). The first-order chi connectivity index (χ1) is 10.1. The Balaban J connectivity index is 2.09. The maximum absolute atomic E-state index is 5.73. The van der Waals surface area contributed by atoms with Crippen LogP contribution >= 0.6 is 27.7 Å². The molecule has 0 fully saturated rings. The molecule has 1 unspecified atom stereocenters. The van der Waals surface area contributed by atoms with E-state index in [-0.39, 0.29) is 6.04 Å². The molecule has 112 valence electrons. The predicted octanol–water partition coefficient (Wildman–Crippen LogP) is 4.06. The number of hydrogen-bond acceptors (Lipinski definition) is 4. The summed E-state index contributed by atoms with van der Waals surface area (Å²) in [6.07, 6.45) is 0. The van der Waals surface area contributed by atoms with Gasteiger partial charge in [0.15, 0.2) is 0 Å². The first kappa shape index (κ1) is 16.4. The van der Waals surface area contributed by atoms with E-state index in [2.05, 4.69) is 46.5 Å². The Morgan fingerprint density at radius 1 is 1.29 bits per heavy atom. The van der Waals surface area contributed by atoms with Gasteiger partial charge in [0.1, 0.15) is 5.75 Å². The number of thioether (sulfide) groups is 1. The molecule has 0 radical (unpaired) electrons. The second-order valence-corrected chi connectivity index (χ2v) is 6.72. The molecule has 0 saturated heterocycles. The summed E-state index contributed by atoms with van der Waals surface area (Å²) in [4.78, 5) is 1.22. The third-order valence-electron chi connectivity index (χ3n) is 3.27. The summed E-state index contributed by atoms with van der Waals surface area (Å²) in [5, 5.41) is 0. The highest BCUT2D eigenvalue weighted by molar-refractivity contribution is 9.10. The third-order valence-corrected chi connectivity index (χ3v) is 4.85. The van der Waals surface area contributed by atoms with Gasteiger partial charge in [0.25, 0.3) is 0 Å². The van der Waals surface area contributed by atoms with E-state index >= 15 is 0 Å². The van der Waals surface area contributed by atoms with Crippen LogP contribution in [0.4, 0.5) is 0 Å². The molecule has 0 aliphatic carbocycles. The fraction of sp³-hybridized carbons (Fsp3) is 0.250. The van der Waals surface area contributed by atoms with Gasteiger partial charge in [-0.3, -0.25) is 11.3 Å².